The summed E-state index contributed by atoms with van der Waals surface area (Å²) in [7, 11) is 0. The summed E-state index contributed by atoms with van der Waals surface area (Å²) in [5, 5.41) is 29.2. The van der Waals surface area contributed by atoms with Crippen molar-refractivity contribution in [1.29, 1.82) is 0 Å². The molecular formula is C16H21NO7. The van der Waals surface area contributed by atoms with E-state index in [-0.39, 0.29) is 13.0 Å². The number of carbonyl (C=O) groups excluding carboxylic acids is 1. The Hall–Kier alpha value is -2.61. The van der Waals surface area contributed by atoms with Crippen molar-refractivity contribution < 1.29 is 34.4 Å². The molecule has 0 bridgehead atoms. The molecule has 132 valence electrons. The fourth-order valence-electron chi connectivity index (χ4n) is 2.53. The van der Waals surface area contributed by atoms with Crippen molar-refractivity contribution in [3.05, 3.63) is 29.8 Å². The van der Waals surface area contributed by atoms with E-state index >= 15 is 0 Å². The molecule has 8 nitrogen and oxygen atoms in total. The molecule has 2 unspecified atom stereocenters. The normalized spacial score (nSPS) is 14.7. The SMILES string of the molecule is CC(C)C(C(=O)O)C(O)(Cc1ccc(OCC(N)=O)cc1)C(=O)O. The number of benzene rings is 1. The molecule has 0 aliphatic rings. The van der Waals surface area contributed by atoms with Gasteiger partial charge in [-0.15, -0.1) is 0 Å². The van der Waals surface area contributed by atoms with Gasteiger partial charge in [0, 0.05) is 6.42 Å². The minimum atomic E-state index is -2.45. The van der Waals surface area contributed by atoms with E-state index in [2.05, 4.69) is 0 Å². The first kappa shape index (κ1) is 19.4. The van der Waals surface area contributed by atoms with Crippen LogP contribution < -0.4 is 10.5 Å². The Kier molecular flexibility index (Phi) is 6.30. The molecule has 0 radical (unpaired) electrons. The number of amides is 1. The summed E-state index contributed by atoms with van der Waals surface area (Å²) in [5.41, 5.74) is 2.93. The molecule has 2 atom stereocenters. The molecule has 0 fully saturated rings. The van der Waals surface area contributed by atoms with Gasteiger partial charge in [-0.3, -0.25) is 9.59 Å². The van der Waals surface area contributed by atoms with Crippen molar-refractivity contribution in [3.8, 4) is 5.75 Å². The zero-order valence-corrected chi connectivity index (χ0v) is 13.4. The zero-order valence-electron chi connectivity index (χ0n) is 13.4. The number of ether oxygens (including phenoxy) is 1. The number of nitrogens with two attached hydrogens (primary N) is 1. The van der Waals surface area contributed by atoms with Gasteiger partial charge in [-0.05, 0) is 23.6 Å². The number of hydrogen-bond acceptors (Lipinski definition) is 5. The van der Waals surface area contributed by atoms with Crippen LogP contribution >= 0.6 is 0 Å². The van der Waals surface area contributed by atoms with E-state index in [4.69, 9.17) is 10.5 Å². The van der Waals surface area contributed by atoms with Gasteiger partial charge in [0.15, 0.2) is 12.2 Å². The van der Waals surface area contributed by atoms with Crippen LogP contribution in [-0.2, 0) is 20.8 Å². The molecule has 1 rings (SSSR count). The molecular weight excluding hydrogens is 318 g/mol. The van der Waals surface area contributed by atoms with Crippen molar-refractivity contribution in [2.75, 3.05) is 6.61 Å². The second-order valence-electron chi connectivity index (χ2n) is 5.87. The van der Waals surface area contributed by atoms with E-state index in [1.807, 2.05) is 0 Å². The average molecular weight is 339 g/mol. The molecule has 0 aliphatic heterocycles. The molecule has 8 heteroatoms. The smallest absolute Gasteiger partial charge is 0.336 e. The van der Waals surface area contributed by atoms with Crippen LogP contribution in [0.25, 0.3) is 0 Å². The van der Waals surface area contributed by atoms with Crippen LogP contribution in [0, 0.1) is 11.8 Å². The number of aliphatic hydroxyl groups is 1. The summed E-state index contributed by atoms with van der Waals surface area (Å²) in [6.45, 7) is 2.77. The Morgan fingerprint density at radius 3 is 2.08 bits per heavy atom. The number of rotatable bonds is 9. The second-order valence-corrected chi connectivity index (χ2v) is 5.87. The van der Waals surface area contributed by atoms with Crippen molar-refractivity contribution in [2.45, 2.75) is 25.9 Å². The molecule has 1 aromatic carbocycles. The fourth-order valence-corrected chi connectivity index (χ4v) is 2.53. The monoisotopic (exact) mass is 339 g/mol. The maximum atomic E-state index is 11.5. The van der Waals surface area contributed by atoms with Crippen LogP contribution in [0.2, 0.25) is 0 Å². The maximum Gasteiger partial charge on any atom is 0.336 e. The Balaban J connectivity index is 3.02. The third-order valence-electron chi connectivity index (χ3n) is 3.60. The lowest BCUT2D eigenvalue weighted by Gasteiger charge is -2.32. The van der Waals surface area contributed by atoms with Gasteiger partial charge in [0.1, 0.15) is 5.75 Å². The third-order valence-corrected chi connectivity index (χ3v) is 3.60. The molecule has 0 saturated carbocycles. The van der Waals surface area contributed by atoms with Crippen LogP contribution in [-0.4, -0.2) is 45.4 Å². The van der Waals surface area contributed by atoms with Gasteiger partial charge >= 0.3 is 11.9 Å². The highest BCUT2D eigenvalue weighted by atomic mass is 16.5. The first-order chi connectivity index (χ1) is 11.1. The number of hydrogen-bond donors (Lipinski definition) is 4. The van der Waals surface area contributed by atoms with E-state index in [0.717, 1.165) is 0 Å². The van der Waals surface area contributed by atoms with Crippen molar-refractivity contribution in [2.24, 2.45) is 17.6 Å². The lowest BCUT2D eigenvalue weighted by atomic mass is 9.76. The molecule has 1 aromatic rings. The van der Waals surface area contributed by atoms with Gasteiger partial charge in [0.2, 0.25) is 0 Å². The lowest BCUT2D eigenvalue weighted by molar-refractivity contribution is -0.177. The van der Waals surface area contributed by atoms with E-state index < -0.39 is 35.3 Å². The van der Waals surface area contributed by atoms with Gasteiger partial charge in [0.05, 0.1) is 5.92 Å². The Labute approximate surface area is 138 Å². The van der Waals surface area contributed by atoms with Crippen LogP contribution in [0.4, 0.5) is 0 Å². The van der Waals surface area contributed by atoms with Gasteiger partial charge < -0.3 is 25.8 Å². The van der Waals surface area contributed by atoms with E-state index in [1.54, 1.807) is 0 Å². The first-order valence-corrected chi connectivity index (χ1v) is 7.26. The fraction of sp³-hybridized carbons (Fsp3) is 0.438. The van der Waals surface area contributed by atoms with Gasteiger partial charge in [-0.25, -0.2) is 4.79 Å². The largest absolute Gasteiger partial charge is 0.484 e. The molecule has 5 N–H and O–H groups in total. The highest BCUT2D eigenvalue weighted by molar-refractivity contribution is 5.86. The molecule has 0 heterocycles. The van der Waals surface area contributed by atoms with Gasteiger partial charge in [-0.1, -0.05) is 26.0 Å². The van der Waals surface area contributed by atoms with E-state index in [0.29, 0.717) is 11.3 Å². The van der Waals surface area contributed by atoms with Crippen LogP contribution in [0.5, 0.6) is 5.75 Å². The van der Waals surface area contributed by atoms with Gasteiger partial charge in [0.25, 0.3) is 5.91 Å². The number of primary amides is 1. The zero-order chi connectivity index (χ0) is 18.5. The predicted octanol–water partition coefficient (Wildman–Crippen LogP) is 0.266. The molecule has 0 spiro atoms. The number of carbonyl (C=O) groups is 3. The predicted molar refractivity (Wildman–Crippen MR) is 83.4 cm³/mol. The molecule has 24 heavy (non-hydrogen) atoms. The van der Waals surface area contributed by atoms with Gasteiger partial charge in [-0.2, -0.15) is 0 Å². The van der Waals surface area contributed by atoms with Crippen molar-refractivity contribution in [1.82, 2.24) is 0 Å². The molecule has 0 aromatic heterocycles. The maximum absolute atomic E-state index is 11.5. The van der Waals surface area contributed by atoms with Crippen molar-refractivity contribution in [3.63, 3.8) is 0 Å². The minimum absolute atomic E-state index is 0.299. The summed E-state index contributed by atoms with van der Waals surface area (Å²) in [6.07, 6.45) is -0.381. The Bertz CT molecular complexity index is 611. The number of carboxylic acid groups (broad SMARTS) is 2. The Morgan fingerprint density at radius 1 is 1.17 bits per heavy atom. The number of aliphatic carboxylic acids is 2. The lowest BCUT2D eigenvalue weighted by Crippen LogP contribution is -2.53. The van der Waals surface area contributed by atoms with Crippen LogP contribution in [0.1, 0.15) is 19.4 Å². The van der Waals surface area contributed by atoms with E-state index in [9.17, 15) is 29.7 Å². The summed E-state index contributed by atoms with van der Waals surface area (Å²) < 4.78 is 5.08. The summed E-state index contributed by atoms with van der Waals surface area (Å²) >= 11 is 0. The highest BCUT2D eigenvalue weighted by Crippen LogP contribution is 2.30. The second kappa shape index (κ2) is 7.78. The highest BCUT2D eigenvalue weighted by Gasteiger charge is 2.49. The molecule has 1 amide bonds. The minimum Gasteiger partial charge on any atom is -0.484 e. The third kappa shape index (κ3) is 4.69. The number of carboxylic acids is 2. The molecule has 0 aliphatic carbocycles. The summed E-state index contributed by atoms with van der Waals surface area (Å²) in [4.78, 5) is 33.6. The Morgan fingerprint density at radius 2 is 1.71 bits per heavy atom. The summed E-state index contributed by atoms with van der Waals surface area (Å²) in [5.74, 6) is -5.33. The average Bonchev–Trinajstić information content (AvgIpc) is 2.45. The first-order valence-electron chi connectivity index (χ1n) is 7.26. The van der Waals surface area contributed by atoms with Crippen LogP contribution in [0.15, 0.2) is 24.3 Å². The summed E-state index contributed by atoms with van der Waals surface area (Å²) in [6, 6.07) is 5.93. The quantitative estimate of drug-likeness (QED) is 0.504. The van der Waals surface area contributed by atoms with Crippen molar-refractivity contribution >= 4 is 17.8 Å². The topological polar surface area (TPSA) is 147 Å². The van der Waals surface area contributed by atoms with E-state index in [1.165, 1.54) is 38.1 Å². The standard InChI is InChI=1S/C16H21NO7/c1-9(2)13(14(19)20)16(23,15(21)22)7-10-3-5-11(6-4-10)24-8-12(17)18/h3-6,9,13,23H,7-8H2,1-2H3,(H2,17,18)(H,19,20)(H,21,22). The molecule has 0 saturated heterocycles. The van der Waals surface area contributed by atoms with Crippen LogP contribution in [0.3, 0.4) is 0 Å².